The number of aliphatic hydroxyl groups excluding tert-OH is 1. The van der Waals surface area contributed by atoms with E-state index in [1.807, 2.05) is 13.8 Å². The van der Waals surface area contributed by atoms with Crippen LogP contribution in [-0.4, -0.2) is 134 Å². The summed E-state index contributed by atoms with van der Waals surface area (Å²) in [5.41, 5.74) is 0.803. The van der Waals surface area contributed by atoms with Crippen LogP contribution in [0.2, 0.25) is 5.28 Å². The van der Waals surface area contributed by atoms with Crippen molar-refractivity contribution in [2.24, 2.45) is 5.41 Å². The summed E-state index contributed by atoms with van der Waals surface area (Å²) in [5.74, 6) is 2.39. The lowest BCUT2D eigenvalue weighted by molar-refractivity contribution is -0.201. The first kappa shape index (κ1) is 34.7. The van der Waals surface area contributed by atoms with Gasteiger partial charge in [0.25, 0.3) is 0 Å². The van der Waals surface area contributed by atoms with Gasteiger partial charge in [0.2, 0.25) is 5.28 Å². The van der Waals surface area contributed by atoms with E-state index in [1.165, 1.54) is 0 Å². The minimum atomic E-state index is -0.790. The molecule has 4 atom stereocenters. The third-order valence-electron chi connectivity index (χ3n) is 9.18. The number of rotatable bonds is 17. The van der Waals surface area contributed by atoms with Gasteiger partial charge >= 0.3 is 0 Å². The van der Waals surface area contributed by atoms with Gasteiger partial charge in [0.15, 0.2) is 17.7 Å². The topological polar surface area (TPSA) is 141 Å². The Morgan fingerprint density at radius 1 is 0.957 bits per heavy atom. The molecule has 14 nitrogen and oxygen atoms in total. The van der Waals surface area contributed by atoms with Crippen molar-refractivity contribution >= 4 is 28.5 Å². The van der Waals surface area contributed by atoms with Gasteiger partial charge < -0.3 is 47.9 Å². The number of nitrogens with zero attached hydrogens (tertiary/aromatic N) is 5. The average molecular weight is 680 g/mol. The van der Waals surface area contributed by atoms with E-state index in [-0.39, 0.29) is 23.4 Å². The third-order valence-corrected chi connectivity index (χ3v) is 9.35. The molecule has 1 aliphatic carbocycles. The van der Waals surface area contributed by atoms with Crippen molar-refractivity contribution in [1.82, 2.24) is 19.7 Å². The van der Waals surface area contributed by atoms with Crippen LogP contribution in [0.1, 0.15) is 45.8 Å². The highest BCUT2D eigenvalue weighted by atomic mass is 35.5. The molecule has 0 radical (unpaired) electrons. The van der Waals surface area contributed by atoms with Gasteiger partial charge in [-0.25, -0.2) is 4.68 Å². The average Bonchev–Trinajstić information content (AvgIpc) is 3.70. The highest BCUT2D eigenvalue weighted by molar-refractivity contribution is 6.28. The van der Waals surface area contributed by atoms with Crippen LogP contribution in [0, 0.1) is 17.8 Å². The minimum absolute atomic E-state index is 0.144. The summed E-state index contributed by atoms with van der Waals surface area (Å²) in [6, 6.07) is 0. The summed E-state index contributed by atoms with van der Waals surface area (Å²) in [7, 11) is 0. The molecule has 5 heterocycles. The molecule has 260 valence electrons. The molecule has 1 spiro atoms. The second-order valence-corrected chi connectivity index (χ2v) is 13.3. The van der Waals surface area contributed by atoms with Crippen LogP contribution >= 0.6 is 11.6 Å². The maximum Gasteiger partial charge on any atom is 0.226 e. The van der Waals surface area contributed by atoms with Crippen molar-refractivity contribution in [2.45, 2.75) is 76.0 Å². The van der Waals surface area contributed by atoms with E-state index in [4.69, 9.17) is 55.9 Å². The van der Waals surface area contributed by atoms with Crippen molar-refractivity contribution in [2.75, 3.05) is 84.1 Å². The van der Waals surface area contributed by atoms with Gasteiger partial charge in [-0.3, -0.25) is 0 Å². The third kappa shape index (κ3) is 8.18. The quantitative estimate of drug-likeness (QED) is 0.149. The number of anilines is 1. The van der Waals surface area contributed by atoms with Crippen molar-refractivity contribution in [3.05, 3.63) is 11.5 Å². The first-order chi connectivity index (χ1) is 22.8. The number of hydrogen-bond acceptors (Lipinski definition) is 13. The second kappa shape index (κ2) is 15.6. The van der Waals surface area contributed by atoms with E-state index >= 15 is 0 Å². The van der Waals surface area contributed by atoms with Gasteiger partial charge in [-0.1, -0.05) is 5.92 Å². The zero-order valence-electron chi connectivity index (χ0n) is 27.2. The molecule has 6 rings (SSSR count). The summed E-state index contributed by atoms with van der Waals surface area (Å²) in [6.07, 6.45) is 9.35. The molecule has 1 N–H and O–H groups in total. The molecule has 15 heteroatoms. The van der Waals surface area contributed by atoms with E-state index in [9.17, 15) is 5.11 Å². The number of aromatic nitrogens is 4. The molecular weight excluding hydrogens is 634 g/mol. The lowest BCUT2D eigenvalue weighted by Crippen LogP contribution is -2.58. The summed E-state index contributed by atoms with van der Waals surface area (Å²) in [4.78, 5) is 11.4. The molecule has 3 aliphatic heterocycles. The first-order valence-corrected chi connectivity index (χ1v) is 16.8. The van der Waals surface area contributed by atoms with Crippen molar-refractivity contribution in [1.29, 1.82) is 0 Å². The minimum Gasteiger partial charge on any atom is -0.394 e. The highest BCUT2D eigenvalue weighted by Gasteiger charge is 2.56. The lowest BCUT2D eigenvalue weighted by Gasteiger charge is -2.54. The molecule has 0 bridgehead atoms. The van der Waals surface area contributed by atoms with E-state index in [1.54, 1.807) is 10.9 Å². The highest BCUT2D eigenvalue weighted by Crippen LogP contribution is 2.48. The number of terminal acetylenes is 1. The van der Waals surface area contributed by atoms with Crippen LogP contribution in [0.4, 0.5) is 5.82 Å². The molecule has 47 heavy (non-hydrogen) atoms. The van der Waals surface area contributed by atoms with Gasteiger partial charge in [0, 0.05) is 18.5 Å². The van der Waals surface area contributed by atoms with Crippen LogP contribution in [0.15, 0.2) is 6.20 Å². The predicted octanol–water partition coefficient (Wildman–Crippen LogP) is 2.35. The number of hydrogen-bond donors (Lipinski definition) is 1. The van der Waals surface area contributed by atoms with Crippen molar-refractivity contribution < 1.29 is 43.0 Å². The normalized spacial score (nSPS) is 26.6. The van der Waals surface area contributed by atoms with E-state index in [0.717, 1.165) is 50.0 Å². The van der Waals surface area contributed by atoms with E-state index in [0.29, 0.717) is 65.1 Å². The molecule has 0 aromatic carbocycles. The Morgan fingerprint density at radius 2 is 1.60 bits per heavy atom. The number of ether oxygens (including phenoxy) is 8. The Bertz CT molecular complexity index is 1360. The Kier molecular flexibility index (Phi) is 11.5. The Morgan fingerprint density at radius 3 is 2.26 bits per heavy atom. The molecular formula is C32H46ClN5O9. The van der Waals surface area contributed by atoms with E-state index in [2.05, 4.69) is 25.9 Å². The van der Waals surface area contributed by atoms with Crippen molar-refractivity contribution in [3.8, 4) is 12.3 Å². The fourth-order valence-electron chi connectivity index (χ4n) is 6.98. The number of aliphatic hydroxyl groups is 1. The lowest BCUT2D eigenvalue weighted by atomic mass is 9.68. The van der Waals surface area contributed by atoms with Crippen LogP contribution in [-0.2, 0) is 37.9 Å². The summed E-state index contributed by atoms with van der Waals surface area (Å²) in [5, 5.41) is 15.5. The molecule has 4 aliphatic rings. The van der Waals surface area contributed by atoms with Crippen molar-refractivity contribution in [3.63, 3.8) is 0 Å². The molecule has 0 amide bonds. The van der Waals surface area contributed by atoms with Gasteiger partial charge in [0.05, 0.1) is 77.1 Å². The zero-order valence-corrected chi connectivity index (χ0v) is 27.9. The smallest absolute Gasteiger partial charge is 0.226 e. The van der Waals surface area contributed by atoms with E-state index < -0.39 is 30.3 Å². The summed E-state index contributed by atoms with van der Waals surface area (Å²) in [6.45, 7) is 9.79. The fourth-order valence-corrected chi connectivity index (χ4v) is 7.14. The second-order valence-electron chi connectivity index (χ2n) is 13.0. The molecule has 2 aromatic heterocycles. The van der Waals surface area contributed by atoms with Gasteiger partial charge in [-0.05, 0) is 51.1 Å². The standard InChI is InChI=1S/C32H46ClN5O9/c1-4-9-40-10-11-41-12-13-42-14-15-43-16-17-44-22-5-7-32(8-6-22)20-37(21-32)27-23-18-34-38(28(23)36-30(33)35-27)29-26-25(24(19-39)45-29)46-31(2,3)47-26/h1,18,22,24-26,29,39H,5-17,19-21H2,2-3H3/t24-,25-,26-,29-/m1/s1. The predicted molar refractivity (Wildman–Crippen MR) is 170 cm³/mol. The fraction of sp³-hybridized carbons (Fsp3) is 0.781. The Balaban J connectivity index is 0.908. The monoisotopic (exact) mass is 679 g/mol. The maximum absolute atomic E-state index is 9.91. The van der Waals surface area contributed by atoms with Crippen LogP contribution < -0.4 is 4.90 Å². The SMILES string of the molecule is C#CCOCCOCCOCCOCCOC1CCC2(CC1)CN(c1nc(Cl)nc3c1cnn3[C@@H]1O[C@H](CO)[C@H]3OC(C)(C)O[C@H]31)C2. The van der Waals surface area contributed by atoms with Gasteiger partial charge in [-0.2, -0.15) is 15.1 Å². The van der Waals surface area contributed by atoms with Crippen LogP contribution in [0.3, 0.4) is 0 Å². The summed E-state index contributed by atoms with van der Waals surface area (Å²) >= 11 is 6.45. The molecule has 1 saturated carbocycles. The molecule has 2 aromatic rings. The molecule has 4 fully saturated rings. The maximum atomic E-state index is 9.91. The van der Waals surface area contributed by atoms with Crippen LogP contribution in [0.5, 0.6) is 0 Å². The number of halogens is 1. The van der Waals surface area contributed by atoms with Crippen LogP contribution in [0.25, 0.3) is 11.0 Å². The zero-order chi connectivity index (χ0) is 32.9. The van der Waals surface area contributed by atoms with Gasteiger partial charge in [-0.15, -0.1) is 6.42 Å². The van der Waals surface area contributed by atoms with Gasteiger partial charge in [0.1, 0.15) is 30.7 Å². The molecule has 3 saturated heterocycles. The Labute approximate surface area is 280 Å². The summed E-state index contributed by atoms with van der Waals surface area (Å²) < 4.78 is 47.8. The molecule has 0 unspecified atom stereocenters. The first-order valence-electron chi connectivity index (χ1n) is 16.5. The largest absolute Gasteiger partial charge is 0.394 e. The number of fused-ring (bicyclic) bond motifs is 2. The Hall–Kier alpha value is -2.16.